The van der Waals surface area contributed by atoms with Crippen molar-refractivity contribution in [1.29, 1.82) is 0 Å². The molecule has 124 valence electrons. The highest BCUT2D eigenvalue weighted by Gasteiger charge is 2.31. The molecule has 0 aromatic carbocycles. The van der Waals surface area contributed by atoms with Crippen molar-refractivity contribution in [2.24, 2.45) is 0 Å². The van der Waals surface area contributed by atoms with E-state index in [4.69, 9.17) is 4.74 Å². The van der Waals surface area contributed by atoms with Gasteiger partial charge in [-0.1, -0.05) is 5.16 Å². The molecule has 1 atom stereocenters. The van der Waals surface area contributed by atoms with Gasteiger partial charge in [0.25, 0.3) is 6.43 Å². The van der Waals surface area contributed by atoms with Crippen LogP contribution in [0, 0.1) is 0 Å². The number of amides is 1. The Morgan fingerprint density at radius 1 is 1.45 bits per heavy atom. The molecule has 2 rings (SSSR count). The third kappa shape index (κ3) is 3.86. The summed E-state index contributed by atoms with van der Waals surface area (Å²) < 4.78 is 35.1. The number of aromatic nitrogens is 1. The summed E-state index contributed by atoms with van der Waals surface area (Å²) in [6.45, 7) is 8.69. The van der Waals surface area contributed by atoms with E-state index in [1.54, 1.807) is 4.90 Å². The number of carbonyl (C=O) groups is 1. The molecule has 2 heterocycles. The summed E-state index contributed by atoms with van der Waals surface area (Å²) in [6, 6.07) is 1.17. The van der Waals surface area contributed by atoms with Crippen molar-refractivity contribution in [1.82, 2.24) is 10.1 Å². The monoisotopic (exact) mass is 317 g/mol. The summed E-state index contributed by atoms with van der Waals surface area (Å²) in [4.78, 5) is 15.5. The molecule has 1 saturated heterocycles. The molecule has 1 fully saturated rings. The summed E-state index contributed by atoms with van der Waals surface area (Å²) in [5.41, 5.74) is -0.546. The maximum Gasteiger partial charge on any atom is 0.410 e. The minimum absolute atomic E-state index is 0.0723. The Morgan fingerprint density at radius 2 is 2.14 bits per heavy atom. The molecule has 6 nitrogen and oxygen atoms in total. The molecule has 1 aromatic heterocycles. The molecular formula is C14H21F2N3O3. The van der Waals surface area contributed by atoms with Crippen LogP contribution in [-0.4, -0.2) is 47.4 Å². The van der Waals surface area contributed by atoms with E-state index in [1.807, 2.05) is 32.6 Å². The van der Waals surface area contributed by atoms with Crippen LogP contribution in [0.3, 0.4) is 0 Å². The zero-order valence-electron chi connectivity index (χ0n) is 13.2. The van der Waals surface area contributed by atoms with Gasteiger partial charge in [0, 0.05) is 31.7 Å². The van der Waals surface area contributed by atoms with Crippen LogP contribution in [0.5, 0.6) is 0 Å². The second-order valence-electron chi connectivity index (χ2n) is 6.36. The Morgan fingerprint density at radius 3 is 2.64 bits per heavy atom. The second-order valence-corrected chi connectivity index (χ2v) is 6.36. The van der Waals surface area contributed by atoms with Crippen LogP contribution in [-0.2, 0) is 4.74 Å². The molecule has 8 heteroatoms. The largest absolute Gasteiger partial charge is 0.444 e. The standard InChI is InChI=1S/C14H21F2N3O3/c1-9-8-18(13(20)21-14(2,3)4)5-6-19(9)11-7-10(12(15)16)22-17-11/h7,9,12H,5-6,8H2,1-4H3/t9-/m1/s1. The number of hydrogen-bond donors (Lipinski definition) is 0. The van der Waals surface area contributed by atoms with Gasteiger partial charge in [-0.25, -0.2) is 13.6 Å². The molecular weight excluding hydrogens is 296 g/mol. The summed E-state index contributed by atoms with van der Waals surface area (Å²) in [7, 11) is 0. The highest BCUT2D eigenvalue weighted by Crippen LogP contribution is 2.26. The van der Waals surface area contributed by atoms with E-state index < -0.39 is 17.8 Å². The summed E-state index contributed by atoms with van der Waals surface area (Å²) >= 11 is 0. The van der Waals surface area contributed by atoms with Crippen LogP contribution in [0.2, 0.25) is 0 Å². The first-order chi connectivity index (χ1) is 10.2. The Hall–Kier alpha value is -1.86. The van der Waals surface area contributed by atoms with Gasteiger partial charge in [0.2, 0.25) is 5.76 Å². The van der Waals surface area contributed by atoms with Gasteiger partial charge in [0.05, 0.1) is 0 Å². The number of hydrogen-bond acceptors (Lipinski definition) is 5. The predicted octanol–water partition coefficient (Wildman–Crippen LogP) is 3.06. The topological polar surface area (TPSA) is 58.8 Å². The van der Waals surface area contributed by atoms with E-state index in [2.05, 4.69) is 9.68 Å². The van der Waals surface area contributed by atoms with Gasteiger partial charge in [-0.2, -0.15) is 0 Å². The minimum Gasteiger partial charge on any atom is -0.444 e. The normalized spacial score (nSPS) is 19.7. The Kier molecular flexibility index (Phi) is 4.58. The van der Waals surface area contributed by atoms with Crippen LogP contribution in [0.4, 0.5) is 19.4 Å². The summed E-state index contributed by atoms with van der Waals surface area (Å²) in [5, 5.41) is 3.68. The molecule has 0 radical (unpaired) electrons. The maximum absolute atomic E-state index is 12.5. The van der Waals surface area contributed by atoms with Crippen molar-refractivity contribution < 1.29 is 22.8 Å². The maximum atomic E-state index is 12.5. The van der Waals surface area contributed by atoms with Gasteiger partial charge in [0.1, 0.15) is 5.60 Å². The van der Waals surface area contributed by atoms with E-state index in [9.17, 15) is 13.6 Å². The fraction of sp³-hybridized carbons (Fsp3) is 0.714. The first-order valence-corrected chi connectivity index (χ1v) is 7.16. The van der Waals surface area contributed by atoms with Crippen molar-refractivity contribution in [2.45, 2.75) is 45.8 Å². The third-order valence-corrected chi connectivity index (χ3v) is 3.30. The highest BCUT2D eigenvalue weighted by molar-refractivity contribution is 5.68. The first-order valence-electron chi connectivity index (χ1n) is 7.16. The smallest absolute Gasteiger partial charge is 0.410 e. The number of rotatable bonds is 2. The van der Waals surface area contributed by atoms with Gasteiger partial charge in [0.15, 0.2) is 5.82 Å². The molecule has 1 aromatic rings. The van der Waals surface area contributed by atoms with Crippen molar-refractivity contribution in [2.75, 3.05) is 24.5 Å². The van der Waals surface area contributed by atoms with Gasteiger partial charge < -0.3 is 19.1 Å². The third-order valence-electron chi connectivity index (χ3n) is 3.30. The fourth-order valence-corrected chi connectivity index (χ4v) is 2.31. The van der Waals surface area contributed by atoms with Crippen LogP contribution < -0.4 is 4.90 Å². The number of alkyl halides is 2. The summed E-state index contributed by atoms with van der Waals surface area (Å²) in [5.74, 6) is -0.0802. The van der Waals surface area contributed by atoms with Crippen molar-refractivity contribution in [3.63, 3.8) is 0 Å². The van der Waals surface area contributed by atoms with Gasteiger partial charge in [-0.05, 0) is 27.7 Å². The molecule has 22 heavy (non-hydrogen) atoms. The van der Waals surface area contributed by atoms with E-state index in [1.165, 1.54) is 6.07 Å². The zero-order valence-corrected chi connectivity index (χ0v) is 13.2. The molecule has 0 saturated carbocycles. The van der Waals surface area contributed by atoms with Gasteiger partial charge in [-0.15, -0.1) is 0 Å². The SMILES string of the molecule is C[C@@H]1CN(C(=O)OC(C)(C)C)CCN1c1cc(C(F)F)on1. The van der Waals surface area contributed by atoms with Gasteiger partial charge >= 0.3 is 6.09 Å². The Bertz CT molecular complexity index is 528. The van der Waals surface area contributed by atoms with Crippen LogP contribution in [0.15, 0.2) is 10.6 Å². The Balaban J connectivity index is 1.99. The molecule has 0 N–H and O–H groups in total. The van der Waals surface area contributed by atoms with E-state index in [-0.39, 0.29) is 12.1 Å². The molecule has 0 aliphatic carbocycles. The molecule has 1 amide bonds. The van der Waals surface area contributed by atoms with Crippen molar-refractivity contribution >= 4 is 11.9 Å². The molecule has 1 aliphatic rings. The van der Waals surface area contributed by atoms with Crippen LogP contribution in [0.25, 0.3) is 0 Å². The quantitative estimate of drug-likeness (QED) is 0.839. The molecule has 0 bridgehead atoms. The molecule has 0 unspecified atom stereocenters. The van der Waals surface area contributed by atoms with Crippen LogP contribution >= 0.6 is 0 Å². The summed E-state index contributed by atoms with van der Waals surface area (Å²) in [6.07, 6.45) is -3.05. The van der Waals surface area contributed by atoms with E-state index in [0.717, 1.165) is 0 Å². The number of carbonyl (C=O) groups excluding carboxylic acids is 1. The number of piperazine rings is 1. The van der Waals surface area contributed by atoms with E-state index >= 15 is 0 Å². The predicted molar refractivity (Wildman–Crippen MR) is 76.1 cm³/mol. The minimum atomic E-state index is -2.68. The lowest BCUT2D eigenvalue weighted by molar-refractivity contribution is 0.0218. The molecule has 1 aliphatic heterocycles. The van der Waals surface area contributed by atoms with Crippen molar-refractivity contribution in [3.05, 3.63) is 11.8 Å². The number of nitrogens with zero attached hydrogens (tertiary/aromatic N) is 3. The average molecular weight is 317 g/mol. The van der Waals surface area contributed by atoms with Crippen molar-refractivity contribution in [3.8, 4) is 0 Å². The Labute approximate surface area is 128 Å². The fourth-order valence-electron chi connectivity index (χ4n) is 2.31. The lowest BCUT2D eigenvalue weighted by atomic mass is 10.2. The zero-order chi connectivity index (χ0) is 16.5. The second kappa shape index (κ2) is 6.10. The average Bonchev–Trinajstić information content (AvgIpc) is 2.86. The lowest BCUT2D eigenvalue weighted by Gasteiger charge is -2.40. The lowest BCUT2D eigenvalue weighted by Crippen LogP contribution is -2.54. The number of ether oxygens (including phenoxy) is 1. The van der Waals surface area contributed by atoms with E-state index in [0.29, 0.717) is 25.5 Å². The number of halogens is 2. The number of anilines is 1. The molecule has 0 spiro atoms. The van der Waals surface area contributed by atoms with Crippen LogP contribution in [0.1, 0.15) is 39.9 Å². The van der Waals surface area contributed by atoms with Gasteiger partial charge in [-0.3, -0.25) is 0 Å². The first kappa shape index (κ1) is 16.5. The highest BCUT2D eigenvalue weighted by atomic mass is 19.3.